The maximum atomic E-state index is 12.1. The molecule has 0 radical (unpaired) electrons. The molecule has 0 unspecified atom stereocenters. The lowest BCUT2D eigenvalue weighted by atomic mass is 9.94. The van der Waals surface area contributed by atoms with Gasteiger partial charge in [0.2, 0.25) is 0 Å². The molecule has 0 aliphatic rings. The Balaban J connectivity index is 2.29. The topological polar surface area (TPSA) is 57.8 Å². The van der Waals surface area contributed by atoms with E-state index in [9.17, 15) is 4.79 Å². The lowest BCUT2D eigenvalue weighted by Crippen LogP contribution is -2.13. The molecule has 0 atom stereocenters. The van der Waals surface area contributed by atoms with E-state index in [1.807, 2.05) is 6.07 Å². The van der Waals surface area contributed by atoms with E-state index < -0.39 is 0 Å². The molecule has 1 heterocycles. The molecule has 2 rings (SSSR count). The van der Waals surface area contributed by atoms with Crippen LogP contribution in [0.25, 0.3) is 0 Å². The minimum absolute atomic E-state index is 0.141. The number of H-pyrrole nitrogens is 1. The summed E-state index contributed by atoms with van der Waals surface area (Å²) in [5, 5.41) is 9.40. The molecule has 0 aliphatic heterocycles. The predicted octanol–water partition coefficient (Wildman–Crippen LogP) is 3.91. The fraction of sp³-hybridized carbons (Fsp3) is 0.375. The standard InChI is InChI=1S/C16H21N3O/c1-10(2)12-5-6-15(14(7-12)11(3)4)19-16(20)13-8-17-18-9-13/h5-11H,1-4H3,(H,17,18)(H,19,20). The number of aromatic nitrogens is 2. The third-order valence-corrected chi connectivity index (χ3v) is 3.37. The van der Waals surface area contributed by atoms with E-state index in [-0.39, 0.29) is 5.91 Å². The Morgan fingerprint density at radius 2 is 1.95 bits per heavy atom. The number of benzene rings is 1. The molecule has 0 aliphatic carbocycles. The second-order valence-corrected chi connectivity index (χ2v) is 5.60. The van der Waals surface area contributed by atoms with Gasteiger partial charge in [-0.3, -0.25) is 9.89 Å². The van der Waals surface area contributed by atoms with E-state index in [0.29, 0.717) is 17.4 Å². The van der Waals surface area contributed by atoms with E-state index in [0.717, 1.165) is 11.3 Å². The van der Waals surface area contributed by atoms with Gasteiger partial charge in [-0.05, 0) is 29.0 Å². The van der Waals surface area contributed by atoms with Crippen LogP contribution in [0.5, 0.6) is 0 Å². The summed E-state index contributed by atoms with van der Waals surface area (Å²) in [4.78, 5) is 12.1. The molecule has 0 bridgehead atoms. The second-order valence-electron chi connectivity index (χ2n) is 5.60. The molecule has 1 aromatic carbocycles. The van der Waals surface area contributed by atoms with Crippen LogP contribution in [0.1, 0.15) is 61.0 Å². The highest BCUT2D eigenvalue weighted by molar-refractivity contribution is 6.04. The Hall–Kier alpha value is -2.10. The molecule has 0 fully saturated rings. The molecule has 0 saturated carbocycles. The van der Waals surface area contributed by atoms with Gasteiger partial charge in [-0.15, -0.1) is 0 Å². The number of rotatable bonds is 4. The van der Waals surface area contributed by atoms with Gasteiger partial charge in [0.05, 0.1) is 11.8 Å². The first-order valence-electron chi connectivity index (χ1n) is 6.93. The quantitative estimate of drug-likeness (QED) is 0.885. The number of aromatic amines is 1. The number of nitrogens with one attached hydrogen (secondary N) is 2. The zero-order chi connectivity index (χ0) is 14.7. The van der Waals surface area contributed by atoms with Crippen molar-refractivity contribution in [3.05, 3.63) is 47.3 Å². The Morgan fingerprint density at radius 3 is 2.50 bits per heavy atom. The highest BCUT2D eigenvalue weighted by atomic mass is 16.1. The van der Waals surface area contributed by atoms with E-state index in [4.69, 9.17) is 0 Å². The molecule has 2 N–H and O–H groups in total. The molecule has 4 nitrogen and oxygen atoms in total. The zero-order valence-electron chi connectivity index (χ0n) is 12.4. The van der Waals surface area contributed by atoms with Crippen molar-refractivity contribution in [1.82, 2.24) is 10.2 Å². The van der Waals surface area contributed by atoms with Gasteiger partial charge in [-0.2, -0.15) is 5.10 Å². The highest BCUT2D eigenvalue weighted by Gasteiger charge is 2.13. The molecule has 2 aromatic rings. The van der Waals surface area contributed by atoms with Gasteiger partial charge >= 0.3 is 0 Å². The van der Waals surface area contributed by atoms with Crippen LogP contribution in [-0.4, -0.2) is 16.1 Å². The summed E-state index contributed by atoms with van der Waals surface area (Å²) in [6, 6.07) is 6.24. The van der Waals surface area contributed by atoms with Crippen molar-refractivity contribution in [3.8, 4) is 0 Å². The van der Waals surface area contributed by atoms with Crippen LogP contribution in [0.3, 0.4) is 0 Å². The number of hydrogen-bond acceptors (Lipinski definition) is 2. The Kier molecular flexibility index (Phi) is 4.23. The molecule has 4 heteroatoms. The lowest BCUT2D eigenvalue weighted by Gasteiger charge is -2.16. The molecule has 106 valence electrons. The fourth-order valence-corrected chi connectivity index (χ4v) is 2.10. The van der Waals surface area contributed by atoms with E-state index in [2.05, 4.69) is 55.3 Å². The van der Waals surface area contributed by atoms with Crippen LogP contribution < -0.4 is 5.32 Å². The van der Waals surface area contributed by atoms with Crippen molar-refractivity contribution in [2.45, 2.75) is 39.5 Å². The average Bonchev–Trinajstić information content (AvgIpc) is 2.92. The Bertz CT molecular complexity index is 586. The minimum atomic E-state index is -0.141. The number of nitrogens with zero attached hydrogens (tertiary/aromatic N) is 1. The van der Waals surface area contributed by atoms with Gasteiger partial charge in [0.1, 0.15) is 0 Å². The average molecular weight is 271 g/mol. The number of amides is 1. The molecular formula is C16H21N3O. The van der Waals surface area contributed by atoms with Crippen LogP contribution in [0.2, 0.25) is 0 Å². The van der Waals surface area contributed by atoms with Crippen LogP contribution in [0.15, 0.2) is 30.6 Å². The maximum absolute atomic E-state index is 12.1. The van der Waals surface area contributed by atoms with Crippen LogP contribution in [0, 0.1) is 0 Å². The van der Waals surface area contributed by atoms with Gasteiger partial charge in [-0.1, -0.05) is 39.8 Å². The summed E-state index contributed by atoms with van der Waals surface area (Å²) in [6.45, 7) is 8.60. The first kappa shape index (κ1) is 14.3. The third-order valence-electron chi connectivity index (χ3n) is 3.37. The van der Waals surface area contributed by atoms with Gasteiger partial charge in [0.15, 0.2) is 0 Å². The van der Waals surface area contributed by atoms with Gasteiger partial charge in [0.25, 0.3) is 5.91 Å². The monoisotopic (exact) mass is 271 g/mol. The number of hydrogen-bond donors (Lipinski definition) is 2. The first-order chi connectivity index (χ1) is 9.49. The minimum Gasteiger partial charge on any atom is -0.322 e. The smallest absolute Gasteiger partial charge is 0.258 e. The van der Waals surface area contributed by atoms with Crippen molar-refractivity contribution in [3.63, 3.8) is 0 Å². The second kappa shape index (κ2) is 5.90. The highest BCUT2D eigenvalue weighted by Crippen LogP contribution is 2.28. The van der Waals surface area contributed by atoms with Gasteiger partial charge in [0, 0.05) is 11.9 Å². The number of anilines is 1. The number of carbonyl (C=O) groups is 1. The van der Waals surface area contributed by atoms with Crippen LogP contribution in [-0.2, 0) is 0 Å². The Labute approximate surface area is 119 Å². The molecule has 1 aromatic heterocycles. The summed E-state index contributed by atoms with van der Waals surface area (Å²) in [5.41, 5.74) is 3.85. The molecule has 1 amide bonds. The number of carbonyl (C=O) groups excluding carboxylic acids is 1. The van der Waals surface area contributed by atoms with Crippen LogP contribution in [0.4, 0.5) is 5.69 Å². The lowest BCUT2D eigenvalue weighted by molar-refractivity contribution is 0.102. The molecule has 0 saturated heterocycles. The van der Waals surface area contributed by atoms with Crippen molar-refractivity contribution < 1.29 is 4.79 Å². The summed E-state index contributed by atoms with van der Waals surface area (Å²) < 4.78 is 0. The van der Waals surface area contributed by atoms with Gasteiger partial charge < -0.3 is 5.32 Å². The van der Waals surface area contributed by atoms with Gasteiger partial charge in [-0.25, -0.2) is 0 Å². The predicted molar refractivity (Wildman–Crippen MR) is 81.2 cm³/mol. The summed E-state index contributed by atoms with van der Waals surface area (Å²) in [7, 11) is 0. The van der Waals surface area contributed by atoms with Crippen molar-refractivity contribution in [1.29, 1.82) is 0 Å². The van der Waals surface area contributed by atoms with E-state index >= 15 is 0 Å². The molecule has 20 heavy (non-hydrogen) atoms. The summed E-state index contributed by atoms with van der Waals surface area (Å²) >= 11 is 0. The summed E-state index contributed by atoms with van der Waals surface area (Å²) in [6.07, 6.45) is 3.11. The fourth-order valence-electron chi connectivity index (χ4n) is 2.10. The SMILES string of the molecule is CC(C)c1ccc(NC(=O)c2cn[nH]c2)c(C(C)C)c1. The molecule has 0 spiro atoms. The normalized spacial score (nSPS) is 11.1. The largest absolute Gasteiger partial charge is 0.322 e. The van der Waals surface area contributed by atoms with Crippen molar-refractivity contribution in [2.75, 3.05) is 5.32 Å². The van der Waals surface area contributed by atoms with Crippen molar-refractivity contribution >= 4 is 11.6 Å². The summed E-state index contributed by atoms with van der Waals surface area (Å²) in [5.74, 6) is 0.692. The zero-order valence-corrected chi connectivity index (χ0v) is 12.4. The van der Waals surface area contributed by atoms with Crippen molar-refractivity contribution in [2.24, 2.45) is 0 Å². The maximum Gasteiger partial charge on any atom is 0.258 e. The Morgan fingerprint density at radius 1 is 1.20 bits per heavy atom. The van der Waals surface area contributed by atoms with Crippen LogP contribution >= 0.6 is 0 Å². The molecular weight excluding hydrogens is 250 g/mol. The first-order valence-corrected chi connectivity index (χ1v) is 6.93. The van der Waals surface area contributed by atoms with E-state index in [1.165, 1.54) is 11.8 Å². The third kappa shape index (κ3) is 3.07. The van der Waals surface area contributed by atoms with E-state index in [1.54, 1.807) is 6.20 Å².